The molecule has 0 spiro atoms. The maximum absolute atomic E-state index is 5.83. The number of nitrogens with zero attached hydrogens (tertiary/aromatic N) is 2. The lowest BCUT2D eigenvalue weighted by atomic mass is 9.76. The molecule has 1 aliphatic carbocycles. The van der Waals surface area contributed by atoms with Gasteiger partial charge < -0.3 is 0 Å². The largest absolute Gasteiger partial charge is 0.272 e. The van der Waals surface area contributed by atoms with E-state index in [4.69, 9.17) is 5.84 Å². The minimum Gasteiger partial charge on any atom is -0.272 e. The van der Waals surface area contributed by atoms with Crippen molar-refractivity contribution in [2.75, 3.05) is 0 Å². The molecule has 1 heterocycles. The number of hydrazine groups is 1. The van der Waals surface area contributed by atoms with Crippen LogP contribution in [0, 0.1) is 11.3 Å². The molecule has 1 aromatic rings. The van der Waals surface area contributed by atoms with Crippen molar-refractivity contribution in [3.8, 4) is 0 Å². The highest BCUT2D eigenvalue weighted by Crippen LogP contribution is 2.44. The molecule has 4 nitrogen and oxygen atoms in total. The molecular formula is C15H28N4. The van der Waals surface area contributed by atoms with Crippen molar-refractivity contribution in [3.05, 3.63) is 17.5 Å². The van der Waals surface area contributed by atoms with Gasteiger partial charge in [0.15, 0.2) is 0 Å². The molecule has 0 aromatic carbocycles. The SMILES string of the molecule is CCc1cc(CC(NN)C2CCCC2(C)C)n(C)n1. The fraction of sp³-hybridized carbons (Fsp3) is 0.800. The predicted octanol–water partition coefficient (Wildman–Crippen LogP) is 2.18. The Kier molecular flexibility index (Phi) is 4.31. The number of hydrogen-bond acceptors (Lipinski definition) is 3. The van der Waals surface area contributed by atoms with E-state index in [-0.39, 0.29) is 0 Å². The lowest BCUT2D eigenvalue weighted by Gasteiger charge is -2.33. The van der Waals surface area contributed by atoms with Crippen LogP contribution >= 0.6 is 0 Å². The molecule has 1 fully saturated rings. The Bertz CT molecular complexity index is 422. The standard InChI is InChI=1S/C15H28N4/c1-5-11-9-12(19(4)18-11)10-14(17-16)13-7-6-8-15(13,2)3/h9,13-14,17H,5-8,10,16H2,1-4H3. The zero-order valence-electron chi connectivity index (χ0n) is 12.7. The van der Waals surface area contributed by atoms with E-state index in [1.54, 1.807) is 0 Å². The Labute approximate surface area is 116 Å². The van der Waals surface area contributed by atoms with E-state index < -0.39 is 0 Å². The molecule has 0 bridgehead atoms. The minimum atomic E-state index is 0.345. The zero-order chi connectivity index (χ0) is 14.0. The van der Waals surface area contributed by atoms with Crippen molar-refractivity contribution in [1.82, 2.24) is 15.2 Å². The van der Waals surface area contributed by atoms with Crippen LogP contribution in [0.4, 0.5) is 0 Å². The molecule has 0 saturated heterocycles. The second-order valence-electron chi connectivity index (χ2n) is 6.57. The van der Waals surface area contributed by atoms with Gasteiger partial charge in [-0.05, 0) is 36.7 Å². The van der Waals surface area contributed by atoms with Crippen molar-refractivity contribution < 1.29 is 0 Å². The molecule has 0 radical (unpaired) electrons. The summed E-state index contributed by atoms with van der Waals surface area (Å²) in [6.07, 6.45) is 5.86. The van der Waals surface area contributed by atoms with Gasteiger partial charge in [0.2, 0.25) is 0 Å². The summed E-state index contributed by atoms with van der Waals surface area (Å²) in [6.45, 7) is 6.89. The molecule has 2 atom stereocenters. The molecule has 19 heavy (non-hydrogen) atoms. The minimum absolute atomic E-state index is 0.345. The van der Waals surface area contributed by atoms with Crippen LogP contribution in [0.3, 0.4) is 0 Å². The highest BCUT2D eigenvalue weighted by atomic mass is 15.3. The van der Waals surface area contributed by atoms with Crippen LogP contribution in [0.25, 0.3) is 0 Å². The summed E-state index contributed by atoms with van der Waals surface area (Å²) in [5.74, 6) is 6.48. The molecule has 3 N–H and O–H groups in total. The average molecular weight is 264 g/mol. The van der Waals surface area contributed by atoms with Crippen molar-refractivity contribution in [2.24, 2.45) is 24.2 Å². The first-order valence-corrected chi connectivity index (χ1v) is 7.46. The first-order chi connectivity index (χ1) is 8.97. The molecule has 0 aliphatic heterocycles. The van der Waals surface area contributed by atoms with E-state index in [9.17, 15) is 0 Å². The van der Waals surface area contributed by atoms with Crippen LogP contribution in [-0.2, 0) is 19.9 Å². The van der Waals surface area contributed by atoms with Gasteiger partial charge in [0.05, 0.1) is 5.69 Å². The van der Waals surface area contributed by atoms with E-state index in [2.05, 4.69) is 37.4 Å². The van der Waals surface area contributed by atoms with Crippen molar-refractivity contribution in [2.45, 2.75) is 58.9 Å². The topological polar surface area (TPSA) is 55.9 Å². The Morgan fingerprint density at radius 3 is 2.79 bits per heavy atom. The van der Waals surface area contributed by atoms with E-state index in [0.29, 0.717) is 17.4 Å². The van der Waals surface area contributed by atoms with Crippen molar-refractivity contribution >= 4 is 0 Å². The second kappa shape index (κ2) is 5.63. The van der Waals surface area contributed by atoms with E-state index >= 15 is 0 Å². The van der Waals surface area contributed by atoms with Gasteiger partial charge in [0.1, 0.15) is 0 Å². The maximum atomic E-state index is 5.83. The van der Waals surface area contributed by atoms with Gasteiger partial charge in [-0.15, -0.1) is 0 Å². The van der Waals surface area contributed by atoms with Crippen LogP contribution in [0.1, 0.15) is 51.4 Å². The van der Waals surface area contributed by atoms with Crippen LogP contribution < -0.4 is 11.3 Å². The molecule has 1 saturated carbocycles. The first-order valence-electron chi connectivity index (χ1n) is 7.46. The summed E-state index contributed by atoms with van der Waals surface area (Å²) in [5.41, 5.74) is 5.90. The Hall–Kier alpha value is -0.870. The maximum Gasteiger partial charge on any atom is 0.0624 e. The van der Waals surface area contributed by atoms with Gasteiger partial charge in [-0.2, -0.15) is 5.10 Å². The van der Waals surface area contributed by atoms with Crippen molar-refractivity contribution in [1.29, 1.82) is 0 Å². The average Bonchev–Trinajstić information content (AvgIpc) is 2.89. The lowest BCUT2D eigenvalue weighted by Crippen LogP contribution is -2.46. The predicted molar refractivity (Wildman–Crippen MR) is 78.5 cm³/mol. The number of nitrogens with one attached hydrogen (secondary N) is 1. The van der Waals surface area contributed by atoms with Gasteiger partial charge in [0.25, 0.3) is 0 Å². The van der Waals surface area contributed by atoms with Crippen LogP contribution in [0.2, 0.25) is 0 Å². The molecule has 1 aromatic heterocycles. The third-order valence-electron chi connectivity index (χ3n) is 4.86. The molecule has 4 heteroatoms. The van der Waals surface area contributed by atoms with Gasteiger partial charge >= 0.3 is 0 Å². The summed E-state index contributed by atoms with van der Waals surface area (Å²) < 4.78 is 2.01. The van der Waals surface area contributed by atoms with E-state index in [1.807, 2.05) is 11.7 Å². The van der Waals surface area contributed by atoms with Crippen LogP contribution in [0.15, 0.2) is 6.07 Å². The molecule has 2 rings (SSSR count). The number of aromatic nitrogens is 2. The number of nitrogens with two attached hydrogens (primary N) is 1. The summed E-state index contributed by atoms with van der Waals surface area (Å²) in [7, 11) is 2.03. The summed E-state index contributed by atoms with van der Waals surface area (Å²) in [6, 6.07) is 2.56. The van der Waals surface area contributed by atoms with Gasteiger partial charge in [0, 0.05) is 25.2 Å². The fourth-order valence-electron chi connectivity index (χ4n) is 3.58. The summed E-state index contributed by atoms with van der Waals surface area (Å²) >= 11 is 0. The number of aryl methyl sites for hydroxylation is 2. The monoisotopic (exact) mass is 264 g/mol. The second-order valence-corrected chi connectivity index (χ2v) is 6.57. The first kappa shape index (κ1) is 14.5. The molecule has 0 amide bonds. The van der Waals surface area contributed by atoms with Crippen LogP contribution in [-0.4, -0.2) is 15.8 Å². The summed E-state index contributed by atoms with van der Waals surface area (Å²) in [4.78, 5) is 0. The third-order valence-corrected chi connectivity index (χ3v) is 4.86. The highest BCUT2D eigenvalue weighted by Gasteiger charge is 2.39. The Morgan fingerprint density at radius 1 is 1.58 bits per heavy atom. The number of hydrogen-bond donors (Lipinski definition) is 2. The lowest BCUT2D eigenvalue weighted by molar-refractivity contribution is 0.195. The normalized spacial score (nSPS) is 23.7. The van der Waals surface area contributed by atoms with E-state index in [1.165, 1.54) is 30.7 Å². The van der Waals surface area contributed by atoms with Crippen molar-refractivity contribution in [3.63, 3.8) is 0 Å². The number of rotatable bonds is 5. The molecule has 1 aliphatic rings. The smallest absolute Gasteiger partial charge is 0.0624 e. The quantitative estimate of drug-likeness (QED) is 0.633. The third kappa shape index (κ3) is 3.00. The Morgan fingerprint density at radius 2 is 2.32 bits per heavy atom. The van der Waals surface area contributed by atoms with Gasteiger partial charge in [-0.1, -0.05) is 27.2 Å². The fourth-order valence-corrected chi connectivity index (χ4v) is 3.58. The molecular weight excluding hydrogens is 236 g/mol. The molecule has 108 valence electrons. The molecule has 2 unspecified atom stereocenters. The van der Waals surface area contributed by atoms with Gasteiger partial charge in [-0.25, -0.2) is 0 Å². The summed E-state index contributed by atoms with van der Waals surface area (Å²) in [5, 5.41) is 4.53. The Balaban J connectivity index is 2.12. The van der Waals surface area contributed by atoms with E-state index in [0.717, 1.165) is 12.8 Å². The zero-order valence-corrected chi connectivity index (χ0v) is 12.7. The van der Waals surface area contributed by atoms with Gasteiger partial charge in [-0.3, -0.25) is 16.0 Å². The highest BCUT2D eigenvalue weighted by molar-refractivity contribution is 5.12. The van der Waals surface area contributed by atoms with Crippen LogP contribution in [0.5, 0.6) is 0 Å².